The summed E-state index contributed by atoms with van der Waals surface area (Å²) in [7, 11) is 0. The van der Waals surface area contributed by atoms with Crippen LogP contribution in [0.1, 0.15) is 5.56 Å². The van der Waals surface area contributed by atoms with E-state index in [0.29, 0.717) is 16.9 Å². The van der Waals surface area contributed by atoms with E-state index in [-0.39, 0.29) is 18.4 Å². The molecule has 25 heavy (non-hydrogen) atoms. The summed E-state index contributed by atoms with van der Waals surface area (Å²) in [6.07, 6.45) is 0. The van der Waals surface area contributed by atoms with Gasteiger partial charge in [0.05, 0.1) is 11.4 Å². The van der Waals surface area contributed by atoms with Gasteiger partial charge in [-0.05, 0) is 54.1 Å². The fraction of sp³-hybridized carbons (Fsp3) is 0.0500. The highest BCUT2D eigenvalue weighted by Gasteiger charge is 2.17. The molecule has 126 valence electrons. The van der Waals surface area contributed by atoms with Crippen molar-refractivity contribution in [3.63, 3.8) is 0 Å². The van der Waals surface area contributed by atoms with Crippen molar-refractivity contribution in [1.82, 2.24) is 5.32 Å². The van der Waals surface area contributed by atoms with Crippen LogP contribution in [0.15, 0.2) is 78.9 Å². The average Bonchev–Trinajstić information content (AvgIpc) is 2.63. The van der Waals surface area contributed by atoms with E-state index in [9.17, 15) is 9.18 Å². The molecule has 2 amide bonds. The number of carbonyl (C=O) groups is 1. The molecule has 0 unspecified atom stereocenters. The standard InChI is InChI=1S/C20H18FN3O/c21-16-6-4-5-15(13-16)14-23-20(25)24(18-7-2-1-3-8-18)19-11-9-17(22)10-12-19/h1-13H,14,22H2,(H,23,25). The molecule has 0 aliphatic rings. The van der Waals surface area contributed by atoms with Crippen molar-refractivity contribution in [2.24, 2.45) is 0 Å². The maximum absolute atomic E-state index is 13.3. The first-order valence-corrected chi connectivity index (χ1v) is 7.86. The predicted octanol–water partition coefficient (Wildman–Crippen LogP) is 4.46. The van der Waals surface area contributed by atoms with Gasteiger partial charge in [-0.3, -0.25) is 4.90 Å². The highest BCUT2D eigenvalue weighted by molar-refractivity contribution is 5.99. The van der Waals surface area contributed by atoms with E-state index in [0.717, 1.165) is 5.69 Å². The molecule has 4 nitrogen and oxygen atoms in total. The van der Waals surface area contributed by atoms with Gasteiger partial charge in [-0.15, -0.1) is 0 Å². The average molecular weight is 335 g/mol. The van der Waals surface area contributed by atoms with Crippen LogP contribution < -0.4 is 16.0 Å². The van der Waals surface area contributed by atoms with Crippen molar-refractivity contribution >= 4 is 23.1 Å². The van der Waals surface area contributed by atoms with Crippen LogP contribution in [0.4, 0.5) is 26.2 Å². The van der Waals surface area contributed by atoms with Crippen LogP contribution in [0.5, 0.6) is 0 Å². The molecule has 0 aliphatic carbocycles. The number of hydrogen-bond donors (Lipinski definition) is 2. The summed E-state index contributed by atoms with van der Waals surface area (Å²) in [5.74, 6) is -0.329. The lowest BCUT2D eigenvalue weighted by molar-refractivity contribution is 0.248. The number of anilines is 3. The Hall–Kier alpha value is -3.34. The van der Waals surface area contributed by atoms with Crippen LogP contribution in [0.2, 0.25) is 0 Å². The van der Waals surface area contributed by atoms with Crippen molar-refractivity contribution in [3.8, 4) is 0 Å². The number of para-hydroxylation sites is 1. The first kappa shape index (κ1) is 16.5. The Morgan fingerprint density at radius 1 is 0.920 bits per heavy atom. The lowest BCUT2D eigenvalue weighted by atomic mass is 10.2. The topological polar surface area (TPSA) is 58.4 Å². The number of nitrogens with zero attached hydrogens (tertiary/aromatic N) is 1. The monoisotopic (exact) mass is 335 g/mol. The third-order valence-electron chi connectivity index (χ3n) is 3.70. The number of hydrogen-bond acceptors (Lipinski definition) is 2. The fourth-order valence-electron chi connectivity index (χ4n) is 2.49. The van der Waals surface area contributed by atoms with Gasteiger partial charge in [-0.1, -0.05) is 30.3 Å². The number of amides is 2. The highest BCUT2D eigenvalue weighted by Crippen LogP contribution is 2.26. The molecule has 5 heteroatoms. The number of halogens is 1. The van der Waals surface area contributed by atoms with Crippen molar-refractivity contribution < 1.29 is 9.18 Å². The van der Waals surface area contributed by atoms with Crippen LogP contribution in [0, 0.1) is 5.82 Å². The minimum absolute atomic E-state index is 0.231. The largest absolute Gasteiger partial charge is 0.399 e. The van der Waals surface area contributed by atoms with Crippen LogP contribution in [0.3, 0.4) is 0 Å². The van der Waals surface area contributed by atoms with E-state index in [2.05, 4.69) is 5.32 Å². The molecule has 3 aromatic carbocycles. The molecule has 0 saturated carbocycles. The summed E-state index contributed by atoms with van der Waals surface area (Å²) in [6.45, 7) is 0.231. The Labute approximate surface area is 145 Å². The lowest BCUT2D eigenvalue weighted by Crippen LogP contribution is -2.36. The van der Waals surface area contributed by atoms with Gasteiger partial charge < -0.3 is 11.1 Å². The molecule has 0 aliphatic heterocycles. The van der Waals surface area contributed by atoms with E-state index in [1.54, 1.807) is 41.3 Å². The Morgan fingerprint density at radius 3 is 2.28 bits per heavy atom. The number of rotatable bonds is 4. The van der Waals surface area contributed by atoms with Crippen molar-refractivity contribution in [2.75, 3.05) is 10.6 Å². The first-order chi connectivity index (χ1) is 12.1. The number of nitrogens with two attached hydrogens (primary N) is 1. The zero-order valence-corrected chi connectivity index (χ0v) is 13.5. The quantitative estimate of drug-likeness (QED) is 0.692. The highest BCUT2D eigenvalue weighted by atomic mass is 19.1. The number of nitrogens with one attached hydrogen (secondary N) is 1. The normalized spacial score (nSPS) is 10.3. The smallest absolute Gasteiger partial charge is 0.326 e. The molecule has 0 heterocycles. The third kappa shape index (κ3) is 4.14. The molecule has 0 atom stereocenters. The predicted molar refractivity (Wildman–Crippen MR) is 98.1 cm³/mol. The molecule has 3 N–H and O–H groups in total. The van der Waals surface area contributed by atoms with Gasteiger partial charge in [0.25, 0.3) is 0 Å². The summed E-state index contributed by atoms with van der Waals surface area (Å²) in [5.41, 5.74) is 8.47. The number of carbonyl (C=O) groups excluding carboxylic acids is 1. The Bertz CT molecular complexity index is 850. The molecule has 3 rings (SSSR count). The number of benzene rings is 3. The second-order valence-electron chi connectivity index (χ2n) is 5.55. The van der Waals surface area contributed by atoms with Crippen LogP contribution >= 0.6 is 0 Å². The molecular formula is C20H18FN3O. The van der Waals surface area contributed by atoms with E-state index in [1.807, 2.05) is 30.3 Å². The van der Waals surface area contributed by atoms with Crippen LogP contribution in [0.25, 0.3) is 0 Å². The molecule has 0 radical (unpaired) electrons. The minimum Gasteiger partial charge on any atom is -0.399 e. The molecule has 0 fully saturated rings. The van der Waals surface area contributed by atoms with Crippen molar-refractivity contribution in [1.29, 1.82) is 0 Å². The molecule has 0 spiro atoms. The van der Waals surface area contributed by atoms with Gasteiger partial charge in [-0.25, -0.2) is 9.18 Å². The number of nitrogen functional groups attached to an aromatic ring is 1. The molecule has 0 bridgehead atoms. The van der Waals surface area contributed by atoms with E-state index >= 15 is 0 Å². The zero-order valence-electron chi connectivity index (χ0n) is 13.5. The van der Waals surface area contributed by atoms with Gasteiger partial charge in [0, 0.05) is 12.2 Å². The van der Waals surface area contributed by atoms with Gasteiger partial charge in [0.1, 0.15) is 5.82 Å². The molecular weight excluding hydrogens is 317 g/mol. The second-order valence-corrected chi connectivity index (χ2v) is 5.55. The Morgan fingerprint density at radius 2 is 1.60 bits per heavy atom. The lowest BCUT2D eigenvalue weighted by Gasteiger charge is -2.23. The first-order valence-electron chi connectivity index (χ1n) is 7.86. The third-order valence-corrected chi connectivity index (χ3v) is 3.70. The van der Waals surface area contributed by atoms with Gasteiger partial charge in [0.15, 0.2) is 0 Å². The summed E-state index contributed by atoms with van der Waals surface area (Å²) >= 11 is 0. The van der Waals surface area contributed by atoms with Gasteiger partial charge in [-0.2, -0.15) is 0 Å². The second kappa shape index (κ2) is 7.49. The summed E-state index contributed by atoms with van der Waals surface area (Å²) in [5, 5.41) is 2.83. The minimum atomic E-state index is -0.329. The Kier molecular flexibility index (Phi) is 4.95. The molecule has 0 aromatic heterocycles. The summed E-state index contributed by atoms with van der Waals surface area (Å²) in [4.78, 5) is 14.3. The fourth-order valence-corrected chi connectivity index (χ4v) is 2.49. The summed E-state index contributed by atoms with van der Waals surface area (Å²) < 4.78 is 13.3. The zero-order chi connectivity index (χ0) is 17.6. The van der Waals surface area contributed by atoms with Crippen LogP contribution in [-0.4, -0.2) is 6.03 Å². The van der Waals surface area contributed by atoms with E-state index in [4.69, 9.17) is 5.73 Å². The molecule has 0 saturated heterocycles. The number of urea groups is 1. The Balaban J connectivity index is 1.83. The molecule has 3 aromatic rings. The van der Waals surface area contributed by atoms with Crippen molar-refractivity contribution in [2.45, 2.75) is 6.54 Å². The summed E-state index contributed by atoms with van der Waals surface area (Å²) in [6, 6.07) is 22.2. The van der Waals surface area contributed by atoms with Gasteiger partial charge >= 0.3 is 6.03 Å². The maximum Gasteiger partial charge on any atom is 0.326 e. The SMILES string of the molecule is Nc1ccc(N(C(=O)NCc2cccc(F)c2)c2ccccc2)cc1. The van der Waals surface area contributed by atoms with Gasteiger partial charge in [0.2, 0.25) is 0 Å². The van der Waals surface area contributed by atoms with E-state index < -0.39 is 0 Å². The maximum atomic E-state index is 13.3. The van der Waals surface area contributed by atoms with Crippen molar-refractivity contribution in [3.05, 3.63) is 90.2 Å². The van der Waals surface area contributed by atoms with Crippen LogP contribution in [-0.2, 0) is 6.54 Å². The van der Waals surface area contributed by atoms with E-state index in [1.165, 1.54) is 12.1 Å².